The van der Waals surface area contributed by atoms with E-state index in [0.717, 1.165) is 11.1 Å². The SMILES string of the molecule is O=C(c1ccccc1-c1ccccc1)P(=O)(c1ccccc1)c1ccccc1. The van der Waals surface area contributed by atoms with E-state index in [1.807, 2.05) is 84.9 Å². The molecule has 0 aliphatic rings. The minimum Gasteiger partial charge on any atom is -0.305 e. The van der Waals surface area contributed by atoms with Gasteiger partial charge >= 0.3 is 0 Å². The van der Waals surface area contributed by atoms with E-state index in [-0.39, 0.29) is 5.52 Å². The van der Waals surface area contributed by atoms with Crippen LogP contribution >= 0.6 is 7.14 Å². The van der Waals surface area contributed by atoms with Gasteiger partial charge in [-0.25, -0.2) is 0 Å². The first-order valence-electron chi connectivity index (χ1n) is 9.12. The molecule has 0 radical (unpaired) electrons. The summed E-state index contributed by atoms with van der Waals surface area (Å²) in [6, 6.07) is 35.2. The van der Waals surface area contributed by atoms with E-state index < -0.39 is 7.14 Å². The van der Waals surface area contributed by atoms with E-state index >= 15 is 0 Å². The van der Waals surface area contributed by atoms with Crippen molar-refractivity contribution < 1.29 is 9.36 Å². The predicted octanol–water partition coefficient (Wildman–Crippen LogP) is 5.51. The third-order valence-electron chi connectivity index (χ3n) is 4.77. The molecule has 4 aromatic rings. The molecule has 4 aromatic carbocycles. The van der Waals surface area contributed by atoms with E-state index in [9.17, 15) is 9.36 Å². The van der Waals surface area contributed by atoms with Gasteiger partial charge in [-0.05, 0) is 11.1 Å². The summed E-state index contributed by atoms with van der Waals surface area (Å²) < 4.78 is 14.4. The summed E-state index contributed by atoms with van der Waals surface area (Å²) in [6.45, 7) is 0. The maximum absolute atomic E-state index is 14.4. The lowest BCUT2D eigenvalue weighted by Crippen LogP contribution is -2.23. The normalized spacial score (nSPS) is 11.1. The molecule has 0 bridgehead atoms. The molecule has 0 N–H and O–H groups in total. The first-order chi connectivity index (χ1) is 13.7. The summed E-state index contributed by atoms with van der Waals surface area (Å²) in [5.41, 5.74) is 1.86. The van der Waals surface area contributed by atoms with E-state index in [1.54, 1.807) is 30.3 Å². The van der Waals surface area contributed by atoms with Gasteiger partial charge in [0.25, 0.3) is 0 Å². The topological polar surface area (TPSA) is 34.1 Å². The minimum absolute atomic E-state index is 0.343. The average Bonchev–Trinajstić information content (AvgIpc) is 2.80. The molecule has 0 saturated heterocycles. The van der Waals surface area contributed by atoms with Gasteiger partial charge in [0.15, 0.2) is 0 Å². The maximum Gasteiger partial charge on any atom is 0.230 e. The van der Waals surface area contributed by atoms with Gasteiger partial charge < -0.3 is 4.57 Å². The van der Waals surface area contributed by atoms with Gasteiger partial charge in [-0.1, -0.05) is 115 Å². The highest BCUT2D eigenvalue weighted by molar-refractivity contribution is 7.93. The van der Waals surface area contributed by atoms with Crippen LogP contribution in [0, 0.1) is 0 Å². The Morgan fingerprint density at radius 3 is 1.50 bits per heavy atom. The smallest absolute Gasteiger partial charge is 0.230 e. The molecule has 2 nitrogen and oxygen atoms in total. The summed E-state index contributed by atoms with van der Waals surface area (Å²) >= 11 is 0. The van der Waals surface area contributed by atoms with Gasteiger partial charge in [-0.15, -0.1) is 0 Å². The van der Waals surface area contributed by atoms with Gasteiger partial charge in [0.05, 0.1) is 0 Å². The van der Waals surface area contributed by atoms with Gasteiger partial charge in [0.2, 0.25) is 12.7 Å². The summed E-state index contributed by atoms with van der Waals surface area (Å²) in [4.78, 5) is 13.8. The van der Waals surface area contributed by atoms with Crippen LogP contribution < -0.4 is 10.6 Å². The third-order valence-corrected chi connectivity index (χ3v) is 7.63. The van der Waals surface area contributed by atoms with Crippen LogP contribution in [-0.2, 0) is 4.57 Å². The molecule has 0 amide bonds. The van der Waals surface area contributed by atoms with Crippen molar-refractivity contribution in [1.82, 2.24) is 0 Å². The van der Waals surface area contributed by atoms with E-state index in [2.05, 4.69) is 0 Å². The van der Waals surface area contributed by atoms with E-state index in [1.165, 1.54) is 0 Å². The zero-order chi connectivity index (χ0) is 19.4. The van der Waals surface area contributed by atoms with E-state index in [4.69, 9.17) is 0 Å². The summed E-state index contributed by atoms with van der Waals surface area (Å²) in [5, 5.41) is 1.10. The van der Waals surface area contributed by atoms with Crippen molar-refractivity contribution in [2.24, 2.45) is 0 Å². The fourth-order valence-corrected chi connectivity index (χ4v) is 5.85. The highest BCUT2D eigenvalue weighted by Gasteiger charge is 2.37. The number of benzene rings is 4. The second kappa shape index (κ2) is 7.80. The number of carbonyl (C=O) groups excluding carboxylic acids is 1. The van der Waals surface area contributed by atoms with E-state index in [0.29, 0.717) is 16.2 Å². The Morgan fingerprint density at radius 2 is 0.964 bits per heavy atom. The van der Waals surface area contributed by atoms with Crippen LogP contribution in [0.5, 0.6) is 0 Å². The molecule has 0 fully saturated rings. The van der Waals surface area contributed by atoms with Crippen molar-refractivity contribution in [1.29, 1.82) is 0 Å². The molecule has 4 rings (SSSR count). The van der Waals surface area contributed by atoms with Crippen LogP contribution in [0.25, 0.3) is 11.1 Å². The molecular formula is C25H19O2P. The molecular weight excluding hydrogens is 363 g/mol. The second-order valence-electron chi connectivity index (χ2n) is 6.50. The summed E-state index contributed by atoms with van der Waals surface area (Å²) in [5.74, 6) is 0. The summed E-state index contributed by atoms with van der Waals surface area (Å²) in [7, 11) is -3.52. The molecule has 0 atom stereocenters. The molecule has 28 heavy (non-hydrogen) atoms. The fourth-order valence-electron chi connectivity index (χ4n) is 3.37. The minimum atomic E-state index is -3.52. The highest BCUT2D eigenvalue weighted by atomic mass is 31.2. The number of carbonyl (C=O) groups is 1. The van der Waals surface area contributed by atoms with Crippen molar-refractivity contribution in [2.75, 3.05) is 0 Å². The summed E-state index contributed by atoms with van der Waals surface area (Å²) in [6.07, 6.45) is 0. The van der Waals surface area contributed by atoms with Crippen molar-refractivity contribution >= 4 is 23.3 Å². The Hall–Kier alpha value is -3.22. The monoisotopic (exact) mass is 382 g/mol. The van der Waals surface area contributed by atoms with Crippen LogP contribution in [0.3, 0.4) is 0 Å². The zero-order valence-corrected chi connectivity index (χ0v) is 16.1. The predicted molar refractivity (Wildman–Crippen MR) is 116 cm³/mol. The largest absolute Gasteiger partial charge is 0.305 e. The first kappa shape index (κ1) is 18.2. The first-order valence-corrected chi connectivity index (χ1v) is 10.8. The molecule has 3 heteroatoms. The molecule has 0 aliphatic heterocycles. The van der Waals surface area contributed by atoms with Crippen molar-refractivity contribution in [3.8, 4) is 11.1 Å². The average molecular weight is 382 g/mol. The number of hydrogen-bond donors (Lipinski definition) is 0. The second-order valence-corrected chi connectivity index (χ2v) is 9.15. The van der Waals surface area contributed by atoms with Crippen molar-refractivity contribution in [3.05, 3.63) is 121 Å². The van der Waals surface area contributed by atoms with Crippen molar-refractivity contribution in [3.63, 3.8) is 0 Å². The quantitative estimate of drug-likeness (QED) is 0.427. The Morgan fingerprint density at radius 1 is 0.536 bits per heavy atom. The zero-order valence-electron chi connectivity index (χ0n) is 15.2. The van der Waals surface area contributed by atoms with Crippen LogP contribution in [0.15, 0.2) is 115 Å². The standard InChI is InChI=1S/C25H19O2P/c26-25(24-19-11-10-18-23(24)20-12-4-1-5-13-20)28(27,21-14-6-2-7-15-21)22-16-8-3-9-17-22/h1-19H. The fraction of sp³-hybridized carbons (Fsp3) is 0. The molecule has 136 valence electrons. The Labute approximate surface area is 164 Å². The molecule has 0 unspecified atom stereocenters. The lowest BCUT2D eigenvalue weighted by atomic mass is 10.0. The molecule has 0 saturated carbocycles. The molecule has 0 aliphatic carbocycles. The molecule has 0 spiro atoms. The van der Waals surface area contributed by atoms with Crippen LogP contribution in [-0.4, -0.2) is 5.52 Å². The third kappa shape index (κ3) is 3.24. The number of hydrogen-bond acceptors (Lipinski definition) is 2. The lowest BCUT2D eigenvalue weighted by molar-refractivity contribution is 0.107. The highest BCUT2D eigenvalue weighted by Crippen LogP contribution is 2.48. The lowest BCUT2D eigenvalue weighted by Gasteiger charge is -2.20. The molecule has 0 heterocycles. The van der Waals surface area contributed by atoms with Crippen molar-refractivity contribution in [2.45, 2.75) is 0 Å². The maximum atomic E-state index is 14.4. The number of rotatable bonds is 5. The Kier molecular flexibility index (Phi) is 5.06. The van der Waals surface area contributed by atoms with Crippen LogP contribution in [0.4, 0.5) is 0 Å². The van der Waals surface area contributed by atoms with Crippen LogP contribution in [0.1, 0.15) is 10.4 Å². The van der Waals surface area contributed by atoms with Gasteiger partial charge in [0.1, 0.15) is 0 Å². The van der Waals surface area contributed by atoms with Gasteiger partial charge in [-0.3, -0.25) is 4.79 Å². The Bertz CT molecular complexity index is 1090. The molecule has 0 aromatic heterocycles. The van der Waals surface area contributed by atoms with Crippen LogP contribution in [0.2, 0.25) is 0 Å². The Balaban J connectivity index is 1.93. The van der Waals surface area contributed by atoms with Gasteiger partial charge in [0, 0.05) is 16.2 Å². The van der Waals surface area contributed by atoms with Gasteiger partial charge in [-0.2, -0.15) is 0 Å².